The molecule has 0 fully saturated rings. The SMILES string of the molecule is CC(=O)Nc1cccc(N)c1.Nc1ccc(S)cc1. The van der Waals surface area contributed by atoms with Crippen molar-refractivity contribution in [3.8, 4) is 0 Å². The first-order valence-corrected chi connectivity index (χ1v) is 6.10. The van der Waals surface area contributed by atoms with Crippen molar-refractivity contribution in [3.05, 3.63) is 48.5 Å². The molecule has 0 saturated heterocycles. The van der Waals surface area contributed by atoms with Gasteiger partial charge in [-0.15, -0.1) is 12.6 Å². The minimum atomic E-state index is -0.0874. The van der Waals surface area contributed by atoms with Crippen molar-refractivity contribution >= 4 is 35.6 Å². The highest BCUT2D eigenvalue weighted by atomic mass is 32.1. The molecule has 0 bridgehead atoms. The number of benzene rings is 2. The van der Waals surface area contributed by atoms with Crippen molar-refractivity contribution < 1.29 is 4.79 Å². The molecule has 0 radical (unpaired) electrons. The molecule has 0 aliphatic rings. The molecule has 0 atom stereocenters. The second kappa shape index (κ2) is 7.33. The van der Waals surface area contributed by atoms with Crippen LogP contribution in [0.5, 0.6) is 0 Å². The molecular weight excluding hydrogens is 258 g/mol. The summed E-state index contributed by atoms with van der Waals surface area (Å²) >= 11 is 4.08. The van der Waals surface area contributed by atoms with E-state index in [0.29, 0.717) is 5.69 Å². The second-order valence-electron chi connectivity index (χ2n) is 3.90. The van der Waals surface area contributed by atoms with Crippen molar-refractivity contribution in [1.29, 1.82) is 0 Å². The molecule has 2 rings (SSSR count). The number of nitrogens with one attached hydrogen (secondary N) is 1. The van der Waals surface area contributed by atoms with Gasteiger partial charge in [-0.1, -0.05) is 6.07 Å². The third-order valence-corrected chi connectivity index (χ3v) is 2.40. The highest BCUT2D eigenvalue weighted by molar-refractivity contribution is 7.80. The van der Waals surface area contributed by atoms with Gasteiger partial charge in [0.15, 0.2) is 0 Å². The number of thiol groups is 1. The lowest BCUT2D eigenvalue weighted by atomic mass is 10.3. The first-order valence-electron chi connectivity index (χ1n) is 5.65. The molecule has 19 heavy (non-hydrogen) atoms. The van der Waals surface area contributed by atoms with Gasteiger partial charge in [0.2, 0.25) is 5.91 Å². The molecule has 0 unspecified atom stereocenters. The van der Waals surface area contributed by atoms with Gasteiger partial charge in [0.1, 0.15) is 0 Å². The van der Waals surface area contributed by atoms with Crippen molar-refractivity contribution in [2.75, 3.05) is 16.8 Å². The van der Waals surface area contributed by atoms with Crippen LogP contribution < -0.4 is 16.8 Å². The predicted octanol–water partition coefficient (Wildman–Crippen LogP) is 2.78. The monoisotopic (exact) mass is 275 g/mol. The van der Waals surface area contributed by atoms with Crippen LogP contribution in [0.15, 0.2) is 53.4 Å². The van der Waals surface area contributed by atoms with Crippen LogP contribution >= 0.6 is 12.6 Å². The number of amides is 1. The lowest BCUT2D eigenvalue weighted by molar-refractivity contribution is -0.114. The van der Waals surface area contributed by atoms with E-state index in [2.05, 4.69) is 17.9 Å². The normalized spacial score (nSPS) is 9.16. The van der Waals surface area contributed by atoms with Gasteiger partial charge in [-0.25, -0.2) is 0 Å². The molecule has 2 aromatic rings. The minimum absolute atomic E-state index is 0.0874. The summed E-state index contributed by atoms with van der Waals surface area (Å²) in [5.74, 6) is -0.0874. The second-order valence-corrected chi connectivity index (χ2v) is 4.41. The number of carbonyl (C=O) groups excluding carboxylic acids is 1. The largest absolute Gasteiger partial charge is 0.399 e. The van der Waals surface area contributed by atoms with Gasteiger partial charge in [-0.3, -0.25) is 4.79 Å². The number of anilines is 3. The lowest BCUT2D eigenvalue weighted by Gasteiger charge is -2.01. The molecule has 100 valence electrons. The van der Waals surface area contributed by atoms with Crippen LogP contribution in [0.1, 0.15) is 6.92 Å². The summed E-state index contributed by atoms with van der Waals surface area (Å²) in [7, 11) is 0. The Hall–Kier alpha value is -2.14. The average Bonchev–Trinajstić information content (AvgIpc) is 2.33. The molecule has 0 spiro atoms. The van der Waals surface area contributed by atoms with E-state index in [-0.39, 0.29) is 5.91 Å². The topological polar surface area (TPSA) is 81.1 Å². The van der Waals surface area contributed by atoms with Gasteiger partial charge < -0.3 is 16.8 Å². The predicted molar refractivity (Wildman–Crippen MR) is 83.3 cm³/mol. The van der Waals surface area contributed by atoms with E-state index < -0.39 is 0 Å². The molecular formula is C14H17N3OS. The van der Waals surface area contributed by atoms with E-state index in [1.54, 1.807) is 24.3 Å². The van der Waals surface area contributed by atoms with Crippen LogP contribution in [-0.2, 0) is 4.79 Å². The van der Waals surface area contributed by atoms with E-state index in [1.807, 2.05) is 24.3 Å². The Morgan fingerprint density at radius 3 is 2.16 bits per heavy atom. The zero-order valence-electron chi connectivity index (χ0n) is 10.6. The molecule has 0 aromatic heterocycles. The van der Waals surface area contributed by atoms with E-state index in [9.17, 15) is 4.79 Å². The molecule has 2 aromatic carbocycles. The van der Waals surface area contributed by atoms with Crippen molar-refractivity contribution in [1.82, 2.24) is 0 Å². The van der Waals surface area contributed by atoms with Gasteiger partial charge in [-0.2, -0.15) is 0 Å². The zero-order chi connectivity index (χ0) is 14.3. The highest BCUT2D eigenvalue weighted by Crippen LogP contribution is 2.11. The number of hydrogen-bond acceptors (Lipinski definition) is 4. The van der Waals surface area contributed by atoms with Crippen molar-refractivity contribution in [2.24, 2.45) is 0 Å². The van der Waals surface area contributed by atoms with Crippen LogP contribution in [0.3, 0.4) is 0 Å². The maximum Gasteiger partial charge on any atom is 0.221 e. The molecule has 0 heterocycles. The number of nitrogen functional groups attached to an aromatic ring is 2. The van der Waals surface area contributed by atoms with Crippen molar-refractivity contribution in [2.45, 2.75) is 11.8 Å². The van der Waals surface area contributed by atoms with Gasteiger partial charge in [0.05, 0.1) is 0 Å². The van der Waals surface area contributed by atoms with E-state index in [0.717, 1.165) is 16.3 Å². The Kier molecular flexibility index (Phi) is 5.75. The maximum atomic E-state index is 10.6. The maximum absolute atomic E-state index is 10.6. The Morgan fingerprint density at radius 2 is 1.68 bits per heavy atom. The van der Waals surface area contributed by atoms with E-state index >= 15 is 0 Å². The summed E-state index contributed by atoms with van der Waals surface area (Å²) in [5, 5.41) is 2.63. The molecule has 4 nitrogen and oxygen atoms in total. The Balaban J connectivity index is 0.000000200. The van der Waals surface area contributed by atoms with Crippen LogP contribution in [0.25, 0.3) is 0 Å². The van der Waals surface area contributed by atoms with Crippen molar-refractivity contribution in [3.63, 3.8) is 0 Å². The van der Waals surface area contributed by atoms with E-state index in [1.165, 1.54) is 6.92 Å². The Labute approximate surface area is 118 Å². The quantitative estimate of drug-likeness (QED) is 0.477. The Bertz CT molecular complexity index is 520. The summed E-state index contributed by atoms with van der Waals surface area (Å²) in [6, 6.07) is 14.4. The third kappa shape index (κ3) is 6.38. The van der Waals surface area contributed by atoms with Crippen LogP contribution in [0.2, 0.25) is 0 Å². The van der Waals surface area contributed by atoms with Gasteiger partial charge in [0, 0.05) is 28.9 Å². The zero-order valence-corrected chi connectivity index (χ0v) is 11.5. The summed E-state index contributed by atoms with van der Waals surface area (Å²) < 4.78 is 0. The summed E-state index contributed by atoms with van der Waals surface area (Å²) in [6.07, 6.45) is 0. The number of nitrogens with two attached hydrogens (primary N) is 2. The first-order chi connectivity index (χ1) is 8.97. The fourth-order valence-corrected chi connectivity index (χ4v) is 1.44. The molecule has 1 amide bonds. The molecule has 5 heteroatoms. The van der Waals surface area contributed by atoms with Gasteiger partial charge in [-0.05, 0) is 42.5 Å². The van der Waals surface area contributed by atoms with Gasteiger partial charge in [0.25, 0.3) is 0 Å². The third-order valence-electron chi connectivity index (χ3n) is 2.10. The summed E-state index contributed by atoms with van der Waals surface area (Å²) in [5.41, 5.74) is 13.0. The number of hydrogen-bond donors (Lipinski definition) is 4. The standard InChI is InChI=1S/C8H10N2O.C6H7NS/c1-6(11)10-8-4-2-3-7(9)5-8;7-5-1-3-6(8)4-2-5/h2-5H,9H2,1H3,(H,10,11);1-4,8H,7H2. The fraction of sp³-hybridized carbons (Fsp3) is 0.0714. The smallest absolute Gasteiger partial charge is 0.221 e. The van der Waals surface area contributed by atoms with Crippen LogP contribution in [-0.4, -0.2) is 5.91 Å². The number of carbonyl (C=O) groups is 1. The molecule has 5 N–H and O–H groups in total. The van der Waals surface area contributed by atoms with Gasteiger partial charge >= 0.3 is 0 Å². The van der Waals surface area contributed by atoms with E-state index in [4.69, 9.17) is 11.5 Å². The molecule has 0 aliphatic heterocycles. The Morgan fingerprint density at radius 1 is 1.05 bits per heavy atom. The van der Waals surface area contributed by atoms with Crippen LogP contribution in [0, 0.1) is 0 Å². The average molecular weight is 275 g/mol. The number of rotatable bonds is 1. The molecule has 0 aliphatic carbocycles. The highest BCUT2D eigenvalue weighted by Gasteiger charge is 1.93. The fourth-order valence-electron chi connectivity index (χ4n) is 1.29. The molecule has 0 saturated carbocycles. The van der Waals surface area contributed by atoms with Crippen LogP contribution in [0.4, 0.5) is 17.1 Å². The first kappa shape index (κ1) is 14.9. The summed E-state index contributed by atoms with van der Waals surface area (Å²) in [6.45, 7) is 1.46. The lowest BCUT2D eigenvalue weighted by Crippen LogP contribution is -2.05. The summed E-state index contributed by atoms with van der Waals surface area (Å²) in [4.78, 5) is 11.5. The minimum Gasteiger partial charge on any atom is -0.399 e.